The second-order valence-corrected chi connectivity index (χ2v) is 4.51. The summed E-state index contributed by atoms with van der Waals surface area (Å²) < 4.78 is 0. The number of rotatable bonds is 4. The zero-order valence-corrected chi connectivity index (χ0v) is 9.87. The van der Waals surface area contributed by atoms with Crippen molar-refractivity contribution < 1.29 is 4.79 Å². The minimum Gasteiger partial charge on any atom is -0.343 e. The van der Waals surface area contributed by atoms with Gasteiger partial charge in [0.05, 0.1) is 0 Å². The fourth-order valence-corrected chi connectivity index (χ4v) is 2.09. The van der Waals surface area contributed by atoms with Crippen LogP contribution in [0.25, 0.3) is 0 Å². The van der Waals surface area contributed by atoms with Gasteiger partial charge in [0.1, 0.15) is 0 Å². The Morgan fingerprint density at radius 2 is 1.87 bits per heavy atom. The minimum absolute atomic E-state index is 0.314. The van der Waals surface area contributed by atoms with Crippen molar-refractivity contribution in [1.29, 1.82) is 0 Å². The van der Waals surface area contributed by atoms with Crippen LogP contribution in [0.15, 0.2) is 0 Å². The molecule has 1 heterocycles. The van der Waals surface area contributed by atoms with E-state index in [-0.39, 0.29) is 0 Å². The topological polar surface area (TPSA) is 46.3 Å². The molecule has 1 saturated heterocycles. The molecule has 0 spiro atoms. The molecule has 0 saturated carbocycles. The SMILES string of the molecule is CCC(CN)CC(=O)N1CCCCCC1. The Bertz CT molecular complexity index is 182. The van der Waals surface area contributed by atoms with E-state index >= 15 is 0 Å². The largest absolute Gasteiger partial charge is 0.343 e. The van der Waals surface area contributed by atoms with Crippen molar-refractivity contribution in [2.24, 2.45) is 11.7 Å². The van der Waals surface area contributed by atoms with Crippen molar-refractivity contribution in [3.8, 4) is 0 Å². The molecule has 0 bridgehead atoms. The molecule has 1 atom stereocenters. The molecule has 0 radical (unpaired) electrons. The Kier molecular flexibility index (Phi) is 5.69. The molecule has 1 fully saturated rings. The van der Waals surface area contributed by atoms with Crippen LogP contribution in [0.5, 0.6) is 0 Å². The molecule has 0 aromatic heterocycles. The van der Waals surface area contributed by atoms with Crippen LogP contribution in [-0.2, 0) is 4.79 Å². The molecule has 1 unspecified atom stereocenters. The predicted molar refractivity (Wildman–Crippen MR) is 62.5 cm³/mol. The van der Waals surface area contributed by atoms with Crippen LogP contribution >= 0.6 is 0 Å². The first-order chi connectivity index (χ1) is 7.27. The molecular weight excluding hydrogens is 188 g/mol. The second kappa shape index (κ2) is 6.83. The lowest BCUT2D eigenvalue weighted by molar-refractivity contribution is -0.132. The van der Waals surface area contributed by atoms with Gasteiger partial charge in [0.15, 0.2) is 0 Å². The van der Waals surface area contributed by atoms with E-state index in [0.717, 1.165) is 19.5 Å². The van der Waals surface area contributed by atoms with E-state index in [2.05, 4.69) is 6.92 Å². The van der Waals surface area contributed by atoms with Crippen molar-refractivity contribution in [2.45, 2.75) is 45.4 Å². The molecule has 1 aliphatic heterocycles. The number of likely N-dealkylation sites (tertiary alicyclic amines) is 1. The van der Waals surface area contributed by atoms with E-state index in [1.165, 1.54) is 25.7 Å². The maximum atomic E-state index is 11.9. The van der Waals surface area contributed by atoms with Gasteiger partial charge < -0.3 is 10.6 Å². The maximum Gasteiger partial charge on any atom is 0.222 e. The highest BCUT2D eigenvalue weighted by atomic mass is 16.2. The van der Waals surface area contributed by atoms with Crippen LogP contribution in [0.2, 0.25) is 0 Å². The lowest BCUT2D eigenvalue weighted by Gasteiger charge is -2.22. The Hall–Kier alpha value is -0.570. The van der Waals surface area contributed by atoms with Crippen LogP contribution in [-0.4, -0.2) is 30.4 Å². The van der Waals surface area contributed by atoms with Crippen LogP contribution in [0.4, 0.5) is 0 Å². The summed E-state index contributed by atoms with van der Waals surface area (Å²) in [5.41, 5.74) is 5.62. The molecule has 88 valence electrons. The third-order valence-electron chi connectivity index (χ3n) is 3.33. The van der Waals surface area contributed by atoms with Crippen molar-refractivity contribution in [3.63, 3.8) is 0 Å². The first-order valence-electron chi connectivity index (χ1n) is 6.25. The van der Waals surface area contributed by atoms with Gasteiger partial charge >= 0.3 is 0 Å². The predicted octanol–water partition coefficient (Wildman–Crippen LogP) is 1.76. The van der Waals surface area contributed by atoms with E-state index in [0.29, 0.717) is 24.8 Å². The van der Waals surface area contributed by atoms with Gasteiger partial charge in [0.25, 0.3) is 0 Å². The van der Waals surface area contributed by atoms with Gasteiger partial charge in [-0.1, -0.05) is 26.2 Å². The summed E-state index contributed by atoms with van der Waals surface area (Å²) in [7, 11) is 0. The molecule has 1 aliphatic rings. The number of carbonyl (C=O) groups excluding carboxylic acids is 1. The molecule has 3 heteroatoms. The smallest absolute Gasteiger partial charge is 0.222 e. The zero-order valence-electron chi connectivity index (χ0n) is 9.87. The molecule has 1 rings (SSSR count). The fourth-order valence-electron chi connectivity index (χ4n) is 2.09. The number of carbonyl (C=O) groups is 1. The van der Waals surface area contributed by atoms with E-state index in [1.54, 1.807) is 0 Å². The fraction of sp³-hybridized carbons (Fsp3) is 0.917. The van der Waals surface area contributed by atoms with Crippen LogP contribution in [0.3, 0.4) is 0 Å². The summed E-state index contributed by atoms with van der Waals surface area (Å²) in [6, 6.07) is 0. The zero-order chi connectivity index (χ0) is 11.1. The van der Waals surface area contributed by atoms with Crippen molar-refractivity contribution in [2.75, 3.05) is 19.6 Å². The van der Waals surface area contributed by atoms with Gasteiger partial charge in [-0.15, -0.1) is 0 Å². The van der Waals surface area contributed by atoms with Crippen LogP contribution < -0.4 is 5.73 Å². The molecule has 0 aromatic rings. The summed E-state index contributed by atoms with van der Waals surface area (Å²) >= 11 is 0. The van der Waals surface area contributed by atoms with Gasteiger partial charge in [0, 0.05) is 19.5 Å². The van der Waals surface area contributed by atoms with Gasteiger partial charge in [-0.3, -0.25) is 4.79 Å². The molecule has 15 heavy (non-hydrogen) atoms. The Labute approximate surface area is 93.0 Å². The first kappa shape index (κ1) is 12.5. The minimum atomic E-state index is 0.314. The Morgan fingerprint density at radius 3 is 2.33 bits per heavy atom. The Morgan fingerprint density at radius 1 is 1.27 bits per heavy atom. The second-order valence-electron chi connectivity index (χ2n) is 4.51. The summed E-state index contributed by atoms with van der Waals surface area (Å²) in [5.74, 6) is 0.690. The van der Waals surface area contributed by atoms with E-state index in [1.807, 2.05) is 4.90 Å². The third kappa shape index (κ3) is 4.20. The molecular formula is C12H24N2O. The van der Waals surface area contributed by atoms with Crippen LogP contribution in [0.1, 0.15) is 45.4 Å². The Balaban J connectivity index is 2.36. The lowest BCUT2D eigenvalue weighted by atomic mass is 10.0. The van der Waals surface area contributed by atoms with Crippen LogP contribution in [0, 0.1) is 5.92 Å². The summed E-state index contributed by atoms with van der Waals surface area (Å²) in [4.78, 5) is 14.0. The highest BCUT2D eigenvalue weighted by molar-refractivity contribution is 5.76. The summed E-state index contributed by atoms with van der Waals surface area (Å²) in [6.45, 7) is 4.66. The monoisotopic (exact) mass is 212 g/mol. The van der Waals surface area contributed by atoms with E-state index < -0.39 is 0 Å². The number of hydrogen-bond donors (Lipinski definition) is 1. The third-order valence-corrected chi connectivity index (χ3v) is 3.33. The summed E-state index contributed by atoms with van der Waals surface area (Å²) in [6.07, 6.45) is 6.55. The molecule has 3 nitrogen and oxygen atoms in total. The number of nitrogens with zero attached hydrogens (tertiary/aromatic N) is 1. The van der Waals surface area contributed by atoms with E-state index in [4.69, 9.17) is 5.73 Å². The standard InChI is InChI=1S/C12H24N2O/c1-2-11(10-13)9-12(15)14-7-5-3-4-6-8-14/h11H,2-10,13H2,1H3. The van der Waals surface area contributed by atoms with Crippen molar-refractivity contribution in [1.82, 2.24) is 4.90 Å². The maximum absolute atomic E-state index is 11.9. The number of hydrogen-bond acceptors (Lipinski definition) is 2. The molecule has 1 amide bonds. The summed E-state index contributed by atoms with van der Waals surface area (Å²) in [5, 5.41) is 0. The molecule has 0 aliphatic carbocycles. The molecule has 0 aromatic carbocycles. The lowest BCUT2D eigenvalue weighted by Crippen LogP contribution is -2.34. The highest BCUT2D eigenvalue weighted by Crippen LogP contribution is 2.14. The average molecular weight is 212 g/mol. The van der Waals surface area contributed by atoms with Gasteiger partial charge in [-0.2, -0.15) is 0 Å². The van der Waals surface area contributed by atoms with Gasteiger partial charge in [0.2, 0.25) is 5.91 Å². The quantitative estimate of drug-likeness (QED) is 0.772. The van der Waals surface area contributed by atoms with Crippen molar-refractivity contribution >= 4 is 5.91 Å². The normalized spacial score (nSPS) is 19.7. The van der Waals surface area contributed by atoms with Gasteiger partial charge in [-0.05, 0) is 25.3 Å². The van der Waals surface area contributed by atoms with Crippen molar-refractivity contribution in [3.05, 3.63) is 0 Å². The average Bonchev–Trinajstić information content (AvgIpc) is 2.54. The number of amides is 1. The first-order valence-corrected chi connectivity index (χ1v) is 6.25. The molecule has 2 N–H and O–H groups in total. The highest BCUT2D eigenvalue weighted by Gasteiger charge is 2.18. The van der Waals surface area contributed by atoms with E-state index in [9.17, 15) is 4.79 Å². The number of nitrogens with two attached hydrogens (primary N) is 1. The van der Waals surface area contributed by atoms with Gasteiger partial charge in [-0.25, -0.2) is 0 Å².